The Morgan fingerprint density at radius 3 is 2.84 bits per heavy atom. The van der Waals surface area contributed by atoms with Gasteiger partial charge in [-0.2, -0.15) is 0 Å². The van der Waals surface area contributed by atoms with E-state index >= 15 is 0 Å². The van der Waals surface area contributed by atoms with Crippen LogP contribution in [0.1, 0.15) is 31.2 Å². The minimum Gasteiger partial charge on any atom is -0.467 e. The third-order valence-corrected chi connectivity index (χ3v) is 3.32. The van der Waals surface area contributed by atoms with Gasteiger partial charge in [0, 0.05) is 24.3 Å². The van der Waals surface area contributed by atoms with Gasteiger partial charge in [-0.15, -0.1) is 0 Å². The molecule has 0 amide bonds. The maximum absolute atomic E-state index is 5.43. The lowest BCUT2D eigenvalue weighted by Crippen LogP contribution is -2.26. The van der Waals surface area contributed by atoms with Crippen molar-refractivity contribution in [2.75, 3.05) is 18.5 Å². The molecule has 0 aliphatic heterocycles. The van der Waals surface area contributed by atoms with E-state index in [-0.39, 0.29) is 6.04 Å². The molecule has 0 aromatic carbocycles. The van der Waals surface area contributed by atoms with E-state index in [1.807, 2.05) is 31.4 Å². The van der Waals surface area contributed by atoms with Gasteiger partial charge in [0.05, 0.1) is 12.8 Å². The summed E-state index contributed by atoms with van der Waals surface area (Å²) in [4.78, 5) is 6.77. The number of anilines is 1. The van der Waals surface area contributed by atoms with Crippen LogP contribution in [0.15, 0.2) is 41.1 Å². The van der Waals surface area contributed by atoms with Crippen LogP contribution in [0.3, 0.4) is 0 Å². The van der Waals surface area contributed by atoms with E-state index in [0.29, 0.717) is 0 Å². The maximum Gasteiger partial charge on any atom is 0.133 e. The van der Waals surface area contributed by atoms with Crippen molar-refractivity contribution in [2.45, 2.75) is 26.4 Å². The van der Waals surface area contributed by atoms with Crippen molar-refractivity contribution >= 4 is 5.82 Å². The number of nitrogens with one attached hydrogen (secondary N) is 1. The number of pyridine rings is 1. The summed E-state index contributed by atoms with van der Waals surface area (Å²) in [6.07, 6.45) is 3.55. The molecule has 2 aromatic rings. The standard InChI is InChI=1S/C15H21N3O/c1-4-18(11-13-7-6-10-19-13)15-14(12(2)16-3)8-5-9-17-15/h5-10,12,16H,4,11H2,1-3H3. The summed E-state index contributed by atoms with van der Waals surface area (Å²) < 4.78 is 5.43. The van der Waals surface area contributed by atoms with E-state index < -0.39 is 0 Å². The first-order valence-corrected chi connectivity index (χ1v) is 6.65. The number of nitrogens with zero attached hydrogens (tertiary/aromatic N) is 2. The lowest BCUT2D eigenvalue weighted by Gasteiger charge is -2.25. The number of hydrogen-bond acceptors (Lipinski definition) is 4. The van der Waals surface area contributed by atoms with Gasteiger partial charge in [-0.1, -0.05) is 6.07 Å². The molecule has 19 heavy (non-hydrogen) atoms. The Morgan fingerprint density at radius 2 is 2.21 bits per heavy atom. The fraction of sp³-hybridized carbons (Fsp3) is 0.400. The van der Waals surface area contributed by atoms with E-state index in [2.05, 4.69) is 35.1 Å². The van der Waals surface area contributed by atoms with Gasteiger partial charge in [-0.05, 0) is 39.1 Å². The van der Waals surface area contributed by atoms with E-state index in [1.165, 1.54) is 5.56 Å². The molecular formula is C15H21N3O. The van der Waals surface area contributed by atoms with Crippen LogP contribution in [0.25, 0.3) is 0 Å². The zero-order chi connectivity index (χ0) is 13.7. The molecule has 2 rings (SSSR count). The van der Waals surface area contributed by atoms with Crippen molar-refractivity contribution in [2.24, 2.45) is 0 Å². The van der Waals surface area contributed by atoms with Gasteiger partial charge in [0.25, 0.3) is 0 Å². The van der Waals surface area contributed by atoms with Crippen LogP contribution in [0.4, 0.5) is 5.82 Å². The normalized spacial score (nSPS) is 12.4. The maximum atomic E-state index is 5.43. The van der Waals surface area contributed by atoms with Crippen LogP contribution in [-0.4, -0.2) is 18.6 Å². The molecule has 0 saturated heterocycles. The minimum absolute atomic E-state index is 0.273. The highest BCUT2D eigenvalue weighted by Crippen LogP contribution is 2.24. The molecule has 2 heterocycles. The molecular weight excluding hydrogens is 238 g/mol. The molecule has 1 unspecified atom stereocenters. The lowest BCUT2D eigenvalue weighted by molar-refractivity contribution is 0.502. The fourth-order valence-electron chi connectivity index (χ4n) is 2.09. The van der Waals surface area contributed by atoms with Gasteiger partial charge in [-0.25, -0.2) is 4.98 Å². The zero-order valence-electron chi connectivity index (χ0n) is 11.8. The Bertz CT molecular complexity index is 496. The molecule has 0 bridgehead atoms. The number of rotatable bonds is 6. The van der Waals surface area contributed by atoms with Crippen molar-refractivity contribution in [3.63, 3.8) is 0 Å². The third-order valence-electron chi connectivity index (χ3n) is 3.32. The van der Waals surface area contributed by atoms with Crippen LogP contribution < -0.4 is 10.2 Å². The highest BCUT2D eigenvalue weighted by atomic mass is 16.3. The molecule has 4 heteroatoms. The first-order chi connectivity index (χ1) is 9.26. The monoisotopic (exact) mass is 259 g/mol. The largest absolute Gasteiger partial charge is 0.467 e. The Hall–Kier alpha value is -1.81. The number of aromatic nitrogens is 1. The van der Waals surface area contributed by atoms with Crippen molar-refractivity contribution in [3.8, 4) is 0 Å². The van der Waals surface area contributed by atoms with E-state index in [9.17, 15) is 0 Å². The van der Waals surface area contributed by atoms with Crippen molar-refractivity contribution in [3.05, 3.63) is 48.0 Å². The first kappa shape index (κ1) is 13.6. The Morgan fingerprint density at radius 1 is 1.37 bits per heavy atom. The quantitative estimate of drug-likeness (QED) is 0.866. The summed E-state index contributed by atoms with van der Waals surface area (Å²) >= 11 is 0. The predicted octanol–water partition coefficient (Wildman–Crippen LogP) is 2.98. The average Bonchev–Trinajstić information content (AvgIpc) is 2.97. The second-order valence-electron chi connectivity index (χ2n) is 4.52. The molecule has 1 N–H and O–H groups in total. The summed E-state index contributed by atoms with van der Waals surface area (Å²) in [6, 6.07) is 8.28. The van der Waals surface area contributed by atoms with Gasteiger partial charge in [-0.3, -0.25) is 0 Å². The summed E-state index contributed by atoms with van der Waals surface area (Å²) in [5.41, 5.74) is 1.21. The van der Waals surface area contributed by atoms with Crippen LogP contribution in [0, 0.1) is 0 Å². The SMILES string of the molecule is CCN(Cc1ccco1)c1ncccc1C(C)NC. The molecule has 102 valence electrons. The highest BCUT2D eigenvalue weighted by molar-refractivity contribution is 5.48. The van der Waals surface area contributed by atoms with Gasteiger partial charge in [0.1, 0.15) is 11.6 Å². The number of furan rings is 1. The number of hydrogen-bond donors (Lipinski definition) is 1. The second kappa shape index (κ2) is 6.38. The molecule has 4 nitrogen and oxygen atoms in total. The van der Waals surface area contributed by atoms with Gasteiger partial charge < -0.3 is 14.6 Å². The molecule has 0 aliphatic rings. The zero-order valence-corrected chi connectivity index (χ0v) is 11.8. The first-order valence-electron chi connectivity index (χ1n) is 6.65. The minimum atomic E-state index is 0.273. The third kappa shape index (κ3) is 3.15. The van der Waals surface area contributed by atoms with E-state index in [4.69, 9.17) is 4.42 Å². The summed E-state index contributed by atoms with van der Waals surface area (Å²) in [5, 5.41) is 3.27. The Kier molecular flexibility index (Phi) is 4.58. The van der Waals surface area contributed by atoms with Crippen LogP contribution in [-0.2, 0) is 6.54 Å². The molecule has 0 fully saturated rings. The van der Waals surface area contributed by atoms with Crippen molar-refractivity contribution in [1.82, 2.24) is 10.3 Å². The smallest absolute Gasteiger partial charge is 0.133 e. The van der Waals surface area contributed by atoms with Crippen LogP contribution >= 0.6 is 0 Å². The second-order valence-corrected chi connectivity index (χ2v) is 4.52. The highest BCUT2D eigenvalue weighted by Gasteiger charge is 2.15. The summed E-state index contributed by atoms with van der Waals surface area (Å²) in [6.45, 7) is 5.90. The fourth-order valence-corrected chi connectivity index (χ4v) is 2.09. The van der Waals surface area contributed by atoms with Crippen molar-refractivity contribution in [1.29, 1.82) is 0 Å². The molecule has 0 radical (unpaired) electrons. The molecule has 2 aromatic heterocycles. The van der Waals surface area contributed by atoms with Gasteiger partial charge >= 0.3 is 0 Å². The molecule has 1 atom stereocenters. The van der Waals surface area contributed by atoms with Gasteiger partial charge in [0.2, 0.25) is 0 Å². The topological polar surface area (TPSA) is 41.3 Å². The molecule has 0 aliphatic carbocycles. The average molecular weight is 259 g/mol. The Labute approximate surface area is 114 Å². The van der Waals surface area contributed by atoms with E-state index in [1.54, 1.807) is 6.26 Å². The van der Waals surface area contributed by atoms with Gasteiger partial charge in [0.15, 0.2) is 0 Å². The van der Waals surface area contributed by atoms with E-state index in [0.717, 1.165) is 24.7 Å². The van der Waals surface area contributed by atoms with Crippen LogP contribution in [0.5, 0.6) is 0 Å². The lowest BCUT2D eigenvalue weighted by atomic mass is 10.1. The van der Waals surface area contributed by atoms with Crippen LogP contribution in [0.2, 0.25) is 0 Å². The predicted molar refractivity (Wildman–Crippen MR) is 77.1 cm³/mol. The summed E-state index contributed by atoms with van der Waals surface area (Å²) in [7, 11) is 1.96. The molecule has 0 saturated carbocycles. The summed E-state index contributed by atoms with van der Waals surface area (Å²) in [5.74, 6) is 1.97. The molecule has 0 spiro atoms. The Balaban J connectivity index is 2.27. The van der Waals surface area contributed by atoms with Crippen molar-refractivity contribution < 1.29 is 4.42 Å².